The SMILES string of the molecule is COc1ccc(OCC(=O)N[C@H]2CCCC[C@@H]2C)c([N+](=O)[O-])c1. The van der Waals surface area contributed by atoms with Gasteiger partial charge in [-0.1, -0.05) is 19.8 Å². The number of hydrogen-bond acceptors (Lipinski definition) is 5. The number of benzene rings is 1. The lowest BCUT2D eigenvalue weighted by molar-refractivity contribution is -0.385. The van der Waals surface area contributed by atoms with Gasteiger partial charge in [-0.15, -0.1) is 0 Å². The van der Waals surface area contributed by atoms with Gasteiger partial charge in [-0.25, -0.2) is 0 Å². The van der Waals surface area contributed by atoms with Crippen LogP contribution in [0.25, 0.3) is 0 Å². The van der Waals surface area contributed by atoms with Gasteiger partial charge in [0.2, 0.25) is 0 Å². The minimum atomic E-state index is -0.557. The highest BCUT2D eigenvalue weighted by atomic mass is 16.6. The molecule has 2 atom stereocenters. The molecule has 7 nitrogen and oxygen atoms in total. The maximum Gasteiger partial charge on any atom is 0.314 e. The van der Waals surface area contributed by atoms with Gasteiger partial charge in [-0.3, -0.25) is 14.9 Å². The Labute approximate surface area is 135 Å². The third-order valence-electron chi connectivity index (χ3n) is 4.18. The summed E-state index contributed by atoms with van der Waals surface area (Å²) in [4.78, 5) is 22.5. The van der Waals surface area contributed by atoms with Crippen molar-refractivity contribution in [1.29, 1.82) is 0 Å². The molecule has 1 aliphatic carbocycles. The fourth-order valence-electron chi connectivity index (χ4n) is 2.81. The standard InChI is InChI=1S/C16H22N2O5/c1-11-5-3-4-6-13(11)17-16(19)10-23-15-8-7-12(22-2)9-14(15)18(20)21/h7-9,11,13H,3-6,10H2,1-2H3,(H,17,19)/t11-,13-/m0/s1. The van der Waals surface area contributed by atoms with Crippen LogP contribution < -0.4 is 14.8 Å². The number of carbonyl (C=O) groups is 1. The van der Waals surface area contributed by atoms with Crippen LogP contribution in [-0.2, 0) is 4.79 Å². The third-order valence-corrected chi connectivity index (χ3v) is 4.18. The highest BCUT2D eigenvalue weighted by Gasteiger charge is 2.23. The molecule has 1 amide bonds. The molecule has 1 N–H and O–H groups in total. The van der Waals surface area contributed by atoms with Crippen molar-refractivity contribution < 1.29 is 19.2 Å². The molecule has 2 rings (SSSR count). The predicted molar refractivity (Wildman–Crippen MR) is 84.7 cm³/mol. The van der Waals surface area contributed by atoms with E-state index in [-0.39, 0.29) is 30.0 Å². The van der Waals surface area contributed by atoms with E-state index in [4.69, 9.17) is 9.47 Å². The molecule has 1 aromatic rings. The van der Waals surface area contributed by atoms with Gasteiger partial charge in [0.1, 0.15) is 5.75 Å². The van der Waals surface area contributed by atoms with Crippen molar-refractivity contribution in [3.8, 4) is 11.5 Å². The molecule has 0 bridgehead atoms. The van der Waals surface area contributed by atoms with E-state index in [9.17, 15) is 14.9 Å². The average Bonchev–Trinajstić information content (AvgIpc) is 2.54. The van der Waals surface area contributed by atoms with Crippen LogP contribution in [0.5, 0.6) is 11.5 Å². The summed E-state index contributed by atoms with van der Waals surface area (Å²) in [6, 6.07) is 4.43. The second-order valence-corrected chi connectivity index (χ2v) is 5.82. The molecule has 0 spiro atoms. The lowest BCUT2D eigenvalue weighted by atomic mass is 9.86. The highest BCUT2D eigenvalue weighted by Crippen LogP contribution is 2.31. The van der Waals surface area contributed by atoms with Crippen molar-refractivity contribution >= 4 is 11.6 Å². The number of rotatable bonds is 6. The van der Waals surface area contributed by atoms with Crippen LogP contribution in [-0.4, -0.2) is 30.6 Å². The lowest BCUT2D eigenvalue weighted by Gasteiger charge is -2.29. The minimum Gasteiger partial charge on any atom is -0.496 e. The minimum absolute atomic E-state index is 0.0580. The first kappa shape index (κ1) is 17.1. The number of methoxy groups -OCH3 is 1. The van der Waals surface area contributed by atoms with Crippen molar-refractivity contribution in [3.05, 3.63) is 28.3 Å². The molecule has 1 aliphatic rings. The van der Waals surface area contributed by atoms with Gasteiger partial charge in [0.15, 0.2) is 12.4 Å². The summed E-state index contributed by atoms with van der Waals surface area (Å²) >= 11 is 0. The first-order valence-electron chi connectivity index (χ1n) is 7.76. The smallest absolute Gasteiger partial charge is 0.314 e. The highest BCUT2D eigenvalue weighted by molar-refractivity contribution is 5.78. The maximum atomic E-state index is 12.0. The molecule has 7 heteroatoms. The number of hydrogen-bond donors (Lipinski definition) is 1. The summed E-state index contributed by atoms with van der Waals surface area (Å²) in [5.74, 6) is 0.615. The lowest BCUT2D eigenvalue weighted by Crippen LogP contribution is -2.43. The quantitative estimate of drug-likeness (QED) is 0.642. The number of carbonyl (C=O) groups excluding carboxylic acids is 1. The predicted octanol–water partition coefficient (Wildman–Crippen LogP) is 2.68. The number of nitrogens with zero attached hydrogens (tertiary/aromatic N) is 1. The Balaban J connectivity index is 1.94. The Bertz CT molecular complexity index is 576. The third kappa shape index (κ3) is 4.58. The van der Waals surface area contributed by atoms with E-state index in [0.717, 1.165) is 19.3 Å². The molecule has 0 unspecified atom stereocenters. The average molecular weight is 322 g/mol. The second-order valence-electron chi connectivity index (χ2n) is 5.82. The van der Waals surface area contributed by atoms with Crippen LogP contribution in [0.1, 0.15) is 32.6 Å². The molecule has 0 heterocycles. The topological polar surface area (TPSA) is 90.7 Å². The summed E-state index contributed by atoms with van der Waals surface area (Å²) in [5, 5.41) is 14.0. The molecule has 1 saturated carbocycles. The molecule has 1 fully saturated rings. The van der Waals surface area contributed by atoms with E-state index in [1.165, 1.54) is 25.7 Å². The largest absolute Gasteiger partial charge is 0.496 e. The van der Waals surface area contributed by atoms with E-state index < -0.39 is 4.92 Å². The molecule has 0 aliphatic heterocycles. The maximum absolute atomic E-state index is 12.0. The first-order chi connectivity index (χ1) is 11.0. The Morgan fingerprint density at radius 2 is 2.13 bits per heavy atom. The van der Waals surface area contributed by atoms with Crippen molar-refractivity contribution in [2.45, 2.75) is 38.6 Å². The Morgan fingerprint density at radius 3 is 2.78 bits per heavy atom. The number of nitro benzene ring substituents is 1. The van der Waals surface area contributed by atoms with Gasteiger partial charge in [0.25, 0.3) is 5.91 Å². The molecular weight excluding hydrogens is 300 g/mol. The van der Waals surface area contributed by atoms with Crippen LogP contribution in [0.15, 0.2) is 18.2 Å². The first-order valence-corrected chi connectivity index (χ1v) is 7.76. The summed E-state index contributed by atoms with van der Waals surface area (Å²) in [7, 11) is 1.43. The number of ether oxygens (including phenoxy) is 2. The molecule has 23 heavy (non-hydrogen) atoms. The Hall–Kier alpha value is -2.31. The van der Waals surface area contributed by atoms with Crippen LogP contribution in [0, 0.1) is 16.0 Å². The van der Waals surface area contributed by atoms with Gasteiger partial charge in [0.05, 0.1) is 18.1 Å². The van der Waals surface area contributed by atoms with Crippen LogP contribution in [0.4, 0.5) is 5.69 Å². The molecule has 0 saturated heterocycles. The summed E-state index contributed by atoms with van der Waals surface area (Å²) in [6.07, 6.45) is 4.38. The zero-order valence-electron chi connectivity index (χ0n) is 13.4. The van der Waals surface area contributed by atoms with Gasteiger partial charge in [-0.05, 0) is 30.9 Å². The van der Waals surface area contributed by atoms with Crippen molar-refractivity contribution in [1.82, 2.24) is 5.32 Å². The Kier molecular flexibility index (Phi) is 5.78. The Morgan fingerprint density at radius 1 is 1.39 bits per heavy atom. The molecular formula is C16H22N2O5. The fourth-order valence-corrected chi connectivity index (χ4v) is 2.81. The number of nitro groups is 1. The van der Waals surface area contributed by atoms with E-state index in [0.29, 0.717) is 11.7 Å². The van der Waals surface area contributed by atoms with Gasteiger partial charge < -0.3 is 14.8 Å². The van der Waals surface area contributed by atoms with E-state index in [1.54, 1.807) is 6.07 Å². The van der Waals surface area contributed by atoms with E-state index in [1.807, 2.05) is 0 Å². The molecule has 0 radical (unpaired) electrons. The second kappa shape index (κ2) is 7.80. The summed E-state index contributed by atoms with van der Waals surface area (Å²) in [5.41, 5.74) is -0.219. The monoisotopic (exact) mass is 322 g/mol. The van der Waals surface area contributed by atoms with Crippen LogP contribution in [0.2, 0.25) is 0 Å². The fraction of sp³-hybridized carbons (Fsp3) is 0.562. The summed E-state index contributed by atoms with van der Waals surface area (Å²) < 4.78 is 10.3. The van der Waals surface area contributed by atoms with Gasteiger partial charge in [-0.2, -0.15) is 0 Å². The van der Waals surface area contributed by atoms with Gasteiger partial charge >= 0.3 is 5.69 Å². The normalized spacial score (nSPS) is 20.6. The number of nitrogens with one attached hydrogen (secondary N) is 1. The van der Waals surface area contributed by atoms with Crippen molar-refractivity contribution in [2.75, 3.05) is 13.7 Å². The van der Waals surface area contributed by atoms with Crippen LogP contribution in [0.3, 0.4) is 0 Å². The van der Waals surface area contributed by atoms with E-state index >= 15 is 0 Å². The summed E-state index contributed by atoms with van der Waals surface area (Å²) in [6.45, 7) is 1.88. The van der Waals surface area contributed by atoms with Crippen LogP contribution >= 0.6 is 0 Å². The molecule has 1 aromatic carbocycles. The zero-order valence-corrected chi connectivity index (χ0v) is 13.4. The molecule has 0 aromatic heterocycles. The van der Waals surface area contributed by atoms with E-state index in [2.05, 4.69) is 12.2 Å². The van der Waals surface area contributed by atoms with Gasteiger partial charge in [0, 0.05) is 6.04 Å². The van der Waals surface area contributed by atoms with Crippen molar-refractivity contribution in [2.24, 2.45) is 5.92 Å². The van der Waals surface area contributed by atoms with Crippen molar-refractivity contribution in [3.63, 3.8) is 0 Å². The zero-order chi connectivity index (χ0) is 16.8. The number of amides is 1. The molecule has 126 valence electrons.